The Morgan fingerprint density at radius 3 is 1.42 bits per heavy atom. The summed E-state index contributed by atoms with van der Waals surface area (Å²) in [6.45, 7) is 0. The van der Waals surface area contributed by atoms with Crippen molar-refractivity contribution in [3.05, 3.63) is 36.9 Å². The molecular weight excluding hydrogens is 645 g/mol. The van der Waals surface area contributed by atoms with E-state index >= 15 is 0 Å². The van der Waals surface area contributed by atoms with Gasteiger partial charge < -0.3 is 20.1 Å². The number of aromatic nitrogens is 4. The van der Waals surface area contributed by atoms with E-state index in [9.17, 15) is 9.59 Å². The smallest absolute Gasteiger partial charge is 0.351 e. The fourth-order valence-corrected chi connectivity index (χ4v) is 8.17. The number of anilines is 2. The van der Waals surface area contributed by atoms with Crippen LogP contribution in [0.15, 0.2) is 36.9 Å². The zero-order valence-electron chi connectivity index (χ0n) is 29.0. The van der Waals surface area contributed by atoms with Gasteiger partial charge in [-0.05, 0) is 74.0 Å². The van der Waals surface area contributed by atoms with Crippen LogP contribution < -0.4 is 19.8 Å². The number of hydrogen-bond donors (Lipinski definition) is 4. The van der Waals surface area contributed by atoms with Crippen molar-refractivity contribution in [1.82, 2.24) is 9.97 Å². The maximum Gasteiger partial charge on any atom is 0.351 e. The lowest BCUT2D eigenvalue weighted by atomic mass is 9.95. The molecule has 2 fully saturated rings. The number of hydrogen-bond acceptors (Lipinski definition) is 8. The van der Waals surface area contributed by atoms with Crippen LogP contribution in [0, 0.1) is 0 Å². The van der Waals surface area contributed by atoms with Gasteiger partial charge in [-0.2, -0.15) is 23.5 Å². The average molecular weight is 699 g/mol. The predicted octanol–water partition coefficient (Wildman–Crippen LogP) is 6.68. The molecule has 2 aliphatic rings. The van der Waals surface area contributed by atoms with Crippen LogP contribution in [0.2, 0.25) is 0 Å². The number of H-pyrrole nitrogens is 2. The molecule has 0 aliphatic heterocycles. The Hall–Kier alpha value is -3.12. The van der Waals surface area contributed by atoms with Crippen LogP contribution in [-0.4, -0.2) is 72.2 Å². The molecule has 0 radical (unpaired) electrons. The van der Waals surface area contributed by atoms with Crippen LogP contribution in [-0.2, 0) is 19.1 Å². The minimum atomic E-state index is -0.453. The van der Waals surface area contributed by atoms with E-state index in [0.717, 1.165) is 71.3 Å². The zero-order chi connectivity index (χ0) is 33.9. The number of imidazole rings is 2. The molecule has 0 saturated heterocycles. The number of carbonyl (C=O) groups is 2. The summed E-state index contributed by atoms with van der Waals surface area (Å²) in [6, 6.07) is 8.37. The summed E-state index contributed by atoms with van der Waals surface area (Å²) in [5.41, 5.74) is 3.87. The topological polar surface area (TPSA) is 116 Å². The lowest BCUT2D eigenvalue weighted by Gasteiger charge is -2.23. The van der Waals surface area contributed by atoms with E-state index in [-0.39, 0.29) is 11.9 Å². The molecule has 2 atom stereocenters. The fourth-order valence-electron chi connectivity index (χ4n) is 7.25. The standard InChI is InChI=1S/C36H52N6O4S2/c1-45-35(43)29(19-21-47-3)41-23-37-33(39-27-11-7-5-8-12-27)31(41)25-15-17-26(18-16-25)32-34(40-28-13-9-6-10-14-28)38-24-42(32)30(20-22-48-4)36(44)46-2/h15-18,23-24,27-30,39-40H,5-14,19-22H2,1-4H3/p+2/t29-,30-/m0/s1. The molecule has 0 amide bonds. The van der Waals surface area contributed by atoms with Gasteiger partial charge in [-0.3, -0.25) is 0 Å². The Balaban J connectivity index is 1.56. The Kier molecular flexibility index (Phi) is 13.6. The van der Waals surface area contributed by atoms with Gasteiger partial charge in [0.1, 0.15) is 0 Å². The third kappa shape index (κ3) is 8.72. The molecule has 4 N–H and O–H groups in total. The van der Waals surface area contributed by atoms with Crippen molar-refractivity contribution in [2.24, 2.45) is 0 Å². The molecule has 1 aromatic carbocycles. The highest BCUT2D eigenvalue weighted by Gasteiger charge is 2.35. The van der Waals surface area contributed by atoms with Crippen molar-refractivity contribution >= 4 is 47.1 Å². The average Bonchev–Trinajstić information content (AvgIpc) is 3.73. The monoisotopic (exact) mass is 698 g/mol. The summed E-state index contributed by atoms with van der Waals surface area (Å²) in [7, 11) is 2.92. The number of esters is 2. The first-order valence-electron chi connectivity index (χ1n) is 17.5. The number of aromatic amines is 2. The van der Waals surface area contributed by atoms with E-state index in [1.165, 1.54) is 52.7 Å². The van der Waals surface area contributed by atoms with Crippen molar-refractivity contribution in [3.63, 3.8) is 0 Å². The largest absolute Gasteiger partial charge is 0.466 e. The Morgan fingerprint density at radius 2 is 1.08 bits per heavy atom. The van der Waals surface area contributed by atoms with Gasteiger partial charge >= 0.3 is 11.9 Å². The summed E-state index contributed by atoms with van der Waals surface area (Å²) in [4.78, 5) is 33.2. The Bertz CT molecular complexity index is 1350. The number of thioether (sulfide) groups is 2. The Morgan fingerprint density at radius 1 is 0.708 bits per heavy atom. The lowest BCUT2D eigenvalue weighted by Crippen LogP contribution is -2.45. The lowest BCUT2D eigenvalue weighted by molar-refractivity contribution is -0.699. The third-order valence-corrected chi connectivity index (χ3v) is 11.1. The summed E-state index contributed by atoms with van der Waals surface area (Å²) < 4.78 is 14.7. The van der Waals surface area contributed by atoms with Crippen molar-refractivity contribution < 1.29 is 28.2 Å². The molecule has 10 nitrogen and oxygen atoms in total. The van der Waals surface area contributed by atoms with Crippen LogP contribution in [0.4, 0.5) is 11.6 Å². The van der Waals surface area contributed by atoms with Gasteiger partial charge in [0.05, 0.1) is 14.2 Å². The minimum Gasteiger partial charge on any atom is -0.466 e. The number of nitrogens with one attached hydrogen (secondary N) is 4. The minimum absolute atomic E-state index is 0.249. The van der Waals surface area contributed by atoms with Crippen LogP contribution in [0.25, 0.3) is 22.5 Å². The molecule has 3 aromatic rings. The van der Waals surface area contributed by atoms with Gasteiger partial charge in [0.25, 0.3) is 0 Å². The molecule has 2 heterocycles. The van der Waals surface area contributed by atoms with E-state index in [0.29, 0.717) is 24.9 Å². The first-order chi connectivity index (χ1) is 23.5. The highest BCUT2D eigenvalue weighted by molar-refractivity contribution is 7.98. The van der Waals surface area contributed by atoms with Crippen molar-refractivity contribution in [1.29, 1.82) is 0 Å². The number of ether oxygens (including phenoxy) is 2. The van der Waals surface area contributed by atoms with Crippen molar-refractivity contribution in [2.45, 2.75) is 101 Å². The number of rotatable bonds is 16. The second kappa shape index (κ2) is 18.0. The van der Waals surface area contributed by atoms with Gasteiger partial charge in [0.2, 0.25) is 24.3 Å². The maximum atomic E-state index is 13.1. The molecule has 0 unspecified atom stereocenters. The number of nitrogens with zero attached hydrogens (tertiary/aromatic N) is 2. The Labute approximate surface area is 293 Å². The van der Waals surface area contributed by atoms with Crippen molar-refractivity contribution in [2.75, 3.05) is 48.9 Å². The molecular formula is C36H54N6O4S2+2. The molecule has 2 aromatic heterocycles. The first kappa shape index (κ1) is 36.2. The van der Waals surface area contributed by atoms with Crippen LogP contribution >= 0.6 is 23.5 Å². The normalized spacial score (nSPS) is 17.1. The number of methoxy groups -OCH3 is 2. The molecule has 12 heteroatoms. The number of carbonyl (C=O) groups excluding carboxylic acids is 2. The highest BCUT2D eigenvalue weighted by atomic mass is 32.2. The van der Waals surface area contributed by atoms with Gasteiger partial charge in [-0.15, -0.1) is 0 Å². The SMILES string of the molecule is COC(=O)[C@H](CCSC)[n+]1c[nH]c(NC2CCCCC2)c1-c1ccc(-c2c(NC3CCCCC3)[nH]c[n+]2[C@@H](CCSC)C(=O)OC)cc1. The predicted molar refractivity (Wildman–Crippen MR) is 196 cm³/mol. The molecule has 0 spiro atoms. The molecule has 48 heavy (non-hydrogen) atoms. The molecule has 0 bridgehead atoms. The fraction of sp³-hybridized carbons (Fsp3) is 0.611. The second-order valence-corrected chi connectivity index (χ2v) is 15.0. The van der Waals surface area contributed by atoms with Gasteiger partial charge in [-0.1, -0.05) is 38.5 Å². The van der Waals surface area contributed by atoms with Crippen LogP contribution in [0.1, 0.15) is 89.1 Å². The molecule has 5 rings (SSSR count). The van der Waals surface area contributed by atoms with E-state index < -0.39 is 12.1 Å². The van der Waals surface area contributed by atoms with E-state index in [1.807, 2.05) is 21.8 Å². The van der Waals surface area contributed by atoms with Crippen molar-refractivity contribution in [3.8, 4) is 22.5 Å². The third-order valence-electron chi connectivity index (χ3n) is 9.83. The summed E-state index contributed by atoms with van der Waals surface area (Å²) >= 11 is 3.45. The zero-order valence-corrected chi connectivity index (χ0v) is 30.6. The van der Waals surface area contributed by atoms with E-state index in [1.54, 1.807) is 23.5 Å². The summed E-state index contributed by atoms with van der Waals surface area (Å²) in [5.74, 6) is 3.02. The number of benzene rings is 1. The maximum absolute atomic E-state index is 13.1. The molecule has 262 valence electrons. The van der Waals surface area contributed by atoms with E-state index in [2.05, 4.69) is 57.4 Å². The molecule has 2 saturated carbocycles. The highest BCUT2D eigenvalue weighted by Crippen LogP contribution is 2.33. The summed E-state index contributed by atoms with van der Waals surface area (Å²) in [6.07, 6.45) is 21.2. The first-order valence-corrected chi connectivity index (χ1v) is 20.3. The van der Waals surface area contributed by atoms with Gasteiger partial charge in [0.15, 0.2) is 23.5 Å². The second-order valence-electron chi connectivity index (χ2n) is 13.0. The van der Waals surface area contributed by atoms with E-state index in [4.69, 9.17) is 9.47 Å². The quantitative estimate of drug-likeness (QED) is 0.0969. The molecule has 2 aliphatic carbocycles. The summed E-state index contributed by atoms with van der Waals surface area (Å²) in [5, 5.41) is 7.58. The van der Waals surface area contributed by atoms with Crippen LogP contribution in [0.5, 0.6) is 0 Å². The van der Waals surface area contributed by atoms with Gasteiger partial charge in [0, 0.05) is 36.1 Å². The van der Waals surface area contributed by atoms with Gasteiger partial charge in [-0.25, -0.2) is 28.7 Å². The van der Waals surface area contributed by atoms with Crippen LogP contribution in [0.3, 0.4) is 0 Å².